The third-order valence-corrected chi connectivity index (χ3v) is 2.60. The molecule has 0 saturated carbocycles. The maximum absolute atomic E-state index is 9.64. The Balaban J connectivity index is 2.46. The highest BCUT2D eigenvalue weighted by Crippen LogP contribution is 2.14. The van der Waals surface area contributed by atoms with E-state index in [0.29, 0.717) is 0 Å². The molecule has 1 rings (SSSR count). The van der Waals surface area contributed by atoms with Crippen LogP contribution in [-0.2, 0) is 6.54 Å². The molecule has 0 atom stereocenters. The molecule has 0 fully saturated rings. The summed E-state index contributed by atoms with van der Waals surface area (Å²) < 4.78 is 0. The molecule has 0 aliphatic carbocycles. The summed E-state index contributed by atoms with van der Waals surface area (Å²) in [5.74, 6) is 0. The van der Waals surface area contributed by atoms with Crippen LogP contribution in [-0.4, -0.2) is 29.2 Å². The molecule has 0 heterocycles. The van der Waals surface area contributed by atoms with Gasteiger partial charge in [0.25, 0.3) is 0 Å². The number of nitrogens with two attached hydrogens (primary N) is 1. The number of nitrogen functional groups attached to an aromatic ring is 1. The fourth-order valence-electron chi connectivity index (χ4n) is 1.51. The van der Waals surface area contributed by atoms with Crippen LogP contribution in [0.15, 0.2) is 24.3 Å². The first-order chi connectivity index (χ1) is 7.38. The van der Waals surface area contributed by atoms with Crippen molar-refractivity contribution < 1.29 is 5.11 Å². The molecule has 0 saturated heterocycles. The molecule has 0 amide bonds. The number of aliphatic hydroxyl groups is 1. The van der Waals surface area contributed by atoms with E-state index in [-0.39, 0.29) is 0 Å². The van der Waals surface area contributed by atoms with E-state index < -0.39 is 5.60 Å². The van der Waals surface area contributed by atoms with Crippen LogP contribution in [0.25, 0.3) is 0 Å². The maximum Gasteiger partial charge on any atom is 0.0603 e. The average Bonchev–Trinajstić information content (AvgIpc) is 2.18. The lowest BCUT2D eigenvalue weighted by molar-refractivity contribution is 0.0600. The van der Waals surface area contributed by atoms with Gasteiger partial charge >= 0.3 is 0 Å². The Morgan fingerprint density at radius 3 is 2.50 bits per heavy atom. The Labute approximate surface area is 97.9 Å². The van der Waals surface area contributed by atoms with Crippen molar-refractivity contribution in [1.82, 2.24) is 4.90 Å². The van der Waals surface area contributed by atoms with Gasteiger partial charge in [-0.25, -0.2) is 0 Å². The number of anilines is 1. The zero-order valence-corrected chi connectivity index (χ0v) is 10.4. The summed E-state index contributed by atoms with van der Waals surface area (Å²) in [4.78, 5) is 2.17. The zero-order chi connectivity index (χ0) is 12.2. The normalized spacial score (nSPS) is 12.1. The van der Waals surface area contributed by atoms with Gasteiger partial charge in [-0.05, 0) is 38.9 Å². The third kappa shape index (κ3) is 4.64. The molecule has 0 spiro atoms. The summed E-state index contributed by atoms with van der Waals surface area (Å²) in [6.07, 6.45) is 0.760. The zero-order valence-electron chi connectivity index (χ0n) is 10.4. The first-order valence-corrected chi connectivity index (χ1v) is 5.63. The van der Waals surface area contributed by atoms with E-state index in [1.807, 2.05) is 45.2 Å². The predicted octanol–water partition coefficient (Wildman–Crippen LogP) is 1.86. The van der Waals surface area contributed by atoms with Crippen molar-refractivity contribution in [2.45, 2.75) is 32.4 Å². The monoisotopic (exact) mass is 222 g/mol. The number of rotatable bonds is 5. The fourth-order valence-corrected chi connectivity index (χ4v) is 1.51. The lowest BCUT2D eigenvalue weighted by atomic mass is 10.1. The summed E-state index contributed by atoms with van der Waals surface area (Å²) in [6, 6.07) is 7.89. The third-order valence-electron chi connectivity index (χ3n) is 2.60. The van der Waals surface area contributed by atoms with Crippen LogP contribution in [0.5, 0.6) is 0 Å². The molecule has 1 aromatic rings. The maximum atomic E-state index is 9.64. The average molecular weight is 222 g/mol. The van der Waals surface area contributed by atoms with Gasteiger partial charge in [-0.2, -0.15) is 0 Å². The van der Waals surface area contributed by atoms with Crippen LogP contribution in [0.3, 0.4) is 0 Å². The molecule has 3 heteroatoms. The van der Waals surface area contributed by atoms with E-state index in [1.165, 1.54) is 0 Å². The van der Waals surface area contributed by atoms with Gasteiger partial charge in [-0.3, -0.25) is 0 Å². The summed E-state index contributed by atoms with van der Waals surface area (Å²) >= 11 is 0. The van der Waals surface area contributed by atoms with Crippen molar-refractivity contribution in [1.29, 1.82) is 0 Å². The van der Waals surface area contributed by atoms with Gasteiger partial charge in [0.05, 0.1) is 5.60 Å². The van der Waals surface area contributed by atoms with Crippen molar-refractivity contribution in [2.75, 3.05) is 19.3 Å². The van der Waals surface area contributed by atoms with Gasteiger partial charge < -0.3 is 15.7 Å². The summed E-state index contributed by atoms with van der Waals surface area (Å²) in [5, 5.41) is 9.64. The van der Waals surface area contributed by atoms with Crippen molar-refractivity contribution in [3.05, 3.63) is 29.8 Å². The molecule has 0 radical (unpaired) electrons. The Morgan fingerprint density at radius 1 is 1.31 bits per heavy atom. The van der Waals surface area contributed by atoms with Crippen LogP contribution in [0.4, 0.5) is 5.69 Å². The van der Waals surface area contributed by atoms with E-state index in [1.54, 1.807) is 0 Å². The lowest BCUT2D eigenvalue weighted by Crippen LogP contribution is -2.28. The van der Waals surface area contributed by atoms with Crippen LogP contribution >= 0.6 is 0 Å². The minimum atomic E-state index is -0.601. The first kappa shape index (κ1) is 13.0. The molecule has 16 heavy (non-hydrogen) atoms. The standard InChI is InChI=1S/C13H22N2O/c1-13(2,16)8-9-15(3)10-11-6-4-5-7-12(11)14/h4-7,16H,8-10,14H2,1-3H3. The van der Waals surface area contributed by atoms with E-state index in [2.05, 4.69) is 4.90 Å². The van der Waals surface area contributed by atoms with Gasteiger partial charge in [0.15, 0.2) is 0 Å². The summed E-state index contributed by atoms with van der Waals surface area (Å²) in [6.45, 7) is 5.34. The van der Waals surface area contributed by atoms with Gasteiger partial charge in [0.1, 0.15) is 0 Å². The number of hydrogen-bond acceptors (Lipinski definition) is 3. The van der Waals surface area contributed by atoms with E-state index in [4.69, 9.17) is 5.73 Å². The minimum absolute atomic E-state index is 0.601. The quantitative estimate of drug-likeness (QED) is 0.748. The van der Waals surface area contributed by atoms with E-state index in [0.717, 1.165) is 30.8 Å². The second kappa shape index (κ2) is 5.32. The van der Waals surface area contributed by atoms with Crippen LogP contribution in [0.2, 0.25) is 0 Å². The minimum Gasteiger partial charge on any atom is -0.398 e. The smallest absolute Gasteiger partial charge is 0.0603 e. The molecule has 0 unspecified atom stereocenters. The Bertz CT molecular complexity index is 331. The summed E-state index contributed by atoms with van der Waals surface area (Å²) in [7, 11) is 2.04. The highest BCUT2D eigenvalue weighted by atomic mass is 16.3. The molecule has 90 valence electrons. The number of hydrogen-bond donors (Lipinski definition) is 2. The van der Waals surface area contributed by atoms with Gasteiger partial charge in [0.2, 0.25) is 0 Å². The largest absolute Gasteiger partial charge is 0.398 e. The van der Waals surface area contributed by atoms with E-state index in [9.17, 15) is 5.11 Å². The Hall–Kier alpha value is -1.06. The molecule has 3 nitrogen and oxygen atoms in total. The van der Waals surface area contributed by atoms with Crippen molar-refractivity contribution in [3.63, 3.8) is 0 Å². The molecule has 0 bridgehead atoms. The molecule has 0 aliphatic rings. The number of para-hydroxylation sites is 1. The van der Waals surface area contributed by atoms with Crippen LogP contribution in [0.1, 0.15) is 25.8 Å². The first-order valence-electron chi connectivity index (χ1n) is 5.63. The van der Waals surface area contributed by atoms with Gasteiger partial charge in [-0.15, -0.1) is 0 Å². The second-order valence-electron chi connectivity index (χ2n) is 5.00. The van der Waals surface area contributed by atoms with Crippen molar-refractivity contribution in [2.24, 2.45) is 0 Å². The Kier molecular flexibility index (Phi) is 4.33. The summed E-state index contributed by atoms with van der Waals surface area (Å²) in [5.41, 5.74) is 7.24. The molecule has 0 aromatic heterocycles. The second-order valence-corrected chi connectivity index (χ2v) is 5.00. The highest BCUT2D eigenvalue weighted by Gasteiger charge is 2.13. The lowest BCUT2D eigenvalue weighted by Gasteiger charge is -2.23. The van der Waals surface area contributed by atoms with Crippen LogP contribution < -0.4 is 5.73 Å². The van der Waals surface area contributed by atoms with Gasteiger partial charge in [-0.1, -0.05) is 18.2 Å². The predicted molar refractivity (Wildman–Crippen MR) is 68.1 cm³/mol. The molecule has 1 aromatic carbocycles. The van der Waals surface area contributed by atoms with E-state index >= 15 is 0 Å². The number of nitrogens with zero attached hydrogens (tertiary/aromatic N) is 1. The molecular weight excluding hydrogens is 200 g/mol. The molecule has 3 N–H and O–H groups in total. The molecular formula is C13H22N2O. The van der Waals surface area contributed by atoms with Crippen LogP contribution in [0, 0.1) is 0 Å². The van der Waals surface area contributed by atoms with Gasteiger partial charge in [0, 0.05) is 18.8 Å². The topological polar surface area (TPSA) is 49.5 Å². The number of benzene rings is 1. The Morgan fingerprint density at radius 2 is 1.94 bits per heavy atom. The fraction of sp³-hybridized carbons (Fsp3) is 0.538. The van der Waals surface area contributed by atoms with Crippen molar-refractivity contribution in [3.8, 4) is 0 Å². The SMILES string of the molecule is CN(CCC(C)(C)O)Cc1ccccc1N. The highest BCUT2D eigenvalue weighted by molar-refractivity contribution is 5.46. The van der Waals surface area contributed by atoms with Crippen molar-refractivity contribution >= 4 is 5.69 Å². The molecule has 0 aliphatic heterocycles.